The Labute approximate surface area is 213 Å². The van der Waals surface area contributed by atoms with Crippen LogP contribution >= 0.6 is 0 Å². The van der Waals surface area contributed by atoms with Gasteiger partial charge in [-0.2, -0.15) is 4.72 Å². The van der Waals surface area contributed by atoms with Crippen LogP contribution in [0.25, 0.3) is 11.1 Å². The van der Waals surface area contributed by atoms with E-state index in [2.05, 4.69) is 20.0 Å². The summed E-state index contributed by atoms with van der Waals surface area (Å²) >= 11 is 0. The van der Waals surface area contributed by atoms with Crippen molar-refractivity contribution < 1.29 is 22.7 Å². The summed E-state index contributed by atoms with van der Waals surface area (Å²) in [6.45, 7) is 1.10. The first-order valence-electron chi connectivity index (χ1n) is 11.0. The second kappa shape index (κ2) is 10.7. The number of sulfonamides is 1. The third kappa shape index (κ3) is 6.41. The maximum absolute atomic E-state index is 12.5. The number of nitrogens with zero attached hydrogens (tertiary/aromatic N) is 2. The molecule has 0 bridgehead atoms. The van der Waals surface area contributed by atoms with E-state index in [1.165, 1.54) is 36.4 Å². The van der Waals surface area contributed by atoms with Crippen molar-refractivity contribution in [3.8, 4) is 11.1 Å². The van der Waals surface area contributed by atoms with E-state index < -0.39 is 27.6 Å². The van der Waals surface area contributed by atoms with Crippen LogP contribution < -0.4 is 15.8 Å². The highest BCUT2D eigenvalue weighted by molar-refractivity contribution is 7.89. The van der Waals surface area contributed by atoms with Gasteiger partial charge in [0.15, 0.2) is 5.66 Å². The van der Waals surface area contributed by atoms with Crippen molar-refractivity contribution in [2.24, 2.45) is 5.73 Å². The highest BCUT2D eigenvalue weighted by Crippen LogP contribution is 2.24. The van der Waals surface area contributed by atoms with Gasteiger partial charge in [0, 0.05) is 18.1 Å². The van der Waals surface area contributed by atoms with Gasteiger partial charge in [-0.1, -0.05) is 42.5 Å². The Morgan fingerprint density at radius 1 is 0.865 bits per heavy atom. The molecular weight excluding hydrogens is 494 g/mol. The fourth-order valence-corrected chi connectivity index (χ4v) is 4.57. The molecule has 3 aromatic carbocycles. The topological polar surface area (TPSA) is 153 Å². The zero-order chi connectivity index (χ0) is 26.5. The quantitative estimate of drug-likeness (QED) is 0.182. The van der Waals surface area contributed by atoms with Crippen LogP contribution in [-0.2, 0) is 19.6 Å². The molecule has 0 aliphatic rings. The van der Waals surface area contributed by atoms with Crippen molar-refractivity contribution in [2.75, 3.05) is 5.32 Å². The molecule has 1 heterocycles. The summed E-state index contributed by atoms with van der Waals surface area (Å²) in [7, 11) is -4.12. The smallest absolute Gasteiger partial charge is 0.349 e. The van der Waals surface area contributed by atoms with Gasteiger partial charge in [0.2, 0.25) is 16.0 Å². The Hall–Kier alpha value is -4.45. The molecule has 4 N–H and O–H groups in total. The van der Waals surface area contributed by atoms with Crippen LogP contribution in [0, 0.1) is 0 Å². The average Bonchev–Trinajstić information content (AvgIpc) is 2.89. The van der Waals surface area contributed by atoms with Gasteiger partial charge in [-0.05, 0) is 60.5 Å². The molecule has 37 heavy (non-hydrogen) atoms. The molecule has 0 unspecified atom stereocenters. The zero-order valence-corrected chi connectivity index (χ0v) is 20.5. The number of anilines is 2. The Bertz CT molecular complexity index is 1510. The molecule has 0 spiro atoms. The molecule has 0 aliphatic carbocycles. The predicted octanol–water partition coefficient (Wildman–Crippen LogP) is 3.22. The highest BCUT2D eigenvalue weighted by Gasteiger charge is 2.37. The van der Waals surface area contributed by atoms with Gasteiger partial charge >= 0.3 is 11.9 Å². The molecule has 10 nitrogen and oxygen atoms in total. The Morgan fingerprint density at radius 3 is 2.22 bits per heavy atom. The van der Waals surface area contributed by atoms with Crippen LogP contribution in [0.3, 0.4) is 0 Å². The number of rotatable bonds is 8. The molecule has 0 aliphatic heterocycles. The maximum atomic E-state index is 12.5. The van der Waals surface area contributed by atoms with E-state index in [1.807, 2.05) is 24.3 Å². The fraction of sp³-hybridized carbons (Fsp3) is 0.0769. The fourth-order valence-electron chi connectivity index (χ4n) is 3.30. The monoisotopic (exact) mass is 517 g/mol. The second-order valence-corrected chi connectivity index (χ2v) is 9.84. The van der Waals surface area contributed by atoms with Crippen molar-refractivity contribution in [3.63, 3.8) is 0 Å². The lowest BCUT2D eigenvalue weighted by molar-refractivity contribution is -0.144. The molecule has 0 saturated heterocycles. The summed E-state index contributed by atoms with van der Waals surface area (Å²) in [4.78, 5) is 33.2. The zero-order valence-electron chi connectivity index (χ0n) is 19.7. The van der Waals surface area contributed by atoms with Crippen LogP contribution in [0.1, 0.15) is 17.3 Å². The van der Waals surface area contributed by atoms with E-state index in [9.17, 15) is 18.0 Å². The van der Waals surface area contributed by atoms with Gasteiger partial charge in [0.05, 0.1) is 10.5 Å². The predicted molar refractivity (Wildman–Crippen MR) is 137 cm³/mol. The number of nitrogens with one attached hydrogen (secondary N) is 2. The maximum Gasteiger partial charge on any atom is 0.349 e. The van der Waals surface area contributed by atoms with E-state index >= 15 is 0 Å². The molecule has 4 rings (SSSR count). The Balaban J connectivity index is 1.42. The van der Waals surface area contributed by atoms with Crippen molar-refractivity contribution in [3.05, 3.63) is 103 Å². The van der Waals surface area contributed by atoms with Gasteiger partial charge in [-0.15, -0.1) is 0 Å². The van der Waals surface area contributed by atoms with Crippen LogP contribution in [0.2, 0.25) is 0 Å². The van der Waals surface area contributed by atoms with Gasteiger partial charge in [-0.3, -0.25) is 0 Å². The lowest BCUT2D eigenvalue weighted by atomic mass is 10.0. The largest absolute Gasteiger partial charge is 0.387 e. The van der Waals surface area contributed by atoms with Gasteiger partial charge in [-0.25, -0.2) is 28.0 Å². The van der Waals surface area contributed by atoms with Crippen molar-refractivity contribution in [1.82, 2.24) is 14.7 Å². The lowest BCUT2D eigenvalue weighted by Crippen LogP contribution is -2.60. The van der Waals surface area contributed by atoms with Crippen LogP contribution in [-0.4, -0.2) is 36.0 Å². The summed E-state index contributed by atoms with van der Waals surface area (Å²) in [6.07, 6.45) is 3.26. The standard InChI is InChI=1S/C26H23N5O5S/c1-26(27,31-37(34,35)22-9-3-2-4-10-22)24(33)36-23(32)19-13-11-18(12-14-19)20-7-5-8-21(17-20)30-25-28-15-6-16-29-25/h2-17,31H,27H2,1H3,(H,28,29,30)/t26-/m0/s1. The van der Waals surface area contributed by atoms with E-state index in [-0.39, 0.29) is 10.5 Å². The third-order valence-corrected chi connectivity index (χ3v) is 6.73. The van der Waals surface area contributed by atoms with E-state index in [1.54, 1.807) is 36.7 Å². The first-order chi connectivity index (χ1) is 17.6. The SMILES string of the molecule is C[C@](N)(NS(=O)(=O)c1ccccc1)C(=O)OC(=O)c1ccc(-c2cccc(Nc3ncccn3)c2)cc1. The number of nitrogens with two attached hydrogens (primary N) is 1. The number of ether oxygens (including phenoxy) is 1. The minimum Gasteiger partial charge on any atom is -0.387 e. The van der Waals surface area contributed by atoms with Gasteiger partial charge in [0.25, 0.3) is 0 Å². The molecule has 188 valence electrons. The number of esters is 2. The van der Waals surface area contributed by atoms with E-state index in [4.69, 9.17) is 10.5 Å². The Morgan fingerprint density at radius 2 is 1.54 bits per heavy atom. The summed E-state index contributed by atoms with van der Waals surface area (Å²) in [5, 5.41) is 3.11. The minimum absolute atomic E-state index is 0.0862. The molecule has 0 fully saturated rings. The van der Waals surface area contributed by atoms with Crippen molar-refractivity contribution in [2.45, 2.75) is 17.5 Å². The van der Waals surface area contributed by atoms with E-state index in [0.717, 1.165) is 23.7 Å². The van der Waals surface area contributed by atoms with Crippen molar-refractivity contribution >= 4 is 33.6 Å². The number of benzene rings is 3. The van der Waals surface area contributed by atoms with E-state index in [0.29, 0.717) is 5.95 Å². The normalized spacial score (nSPS) is 12.8. The Kier molecular flexibility index (Phi) is 7.39. The summed E-state index contributed by atoms with van der Waals surface area (Å²) in [6, 6.07) is 23.0. The van der Waals surface area contributed by atoms with Crippen LogP contribution in [0.4, 0.5) is 11.6 Å². The molecular formula is C26H23N5O5S. The molecule has 0 radical (unpaired) electrons. The molecule has 1 aromatic heterocycles. The number of aromatic nitrogens is 2. The summed E-state index contributed by atoms with van der Waals surface area (Å²) < 4.78 is 32.0. The third-order valence-electron chi connectivity index (χ3n) is 5.15. The highest BCUT2D eigenvalue weighted by atomic mass is 32.2. The number of carbonyl (C=O) groups is 2. The van der Waals surface area contributed by atoms with Crippen LogP contribution in [0.15, 0.2) is 102 Å². The van der Waals surface area contributed by atoms with Crippen LogP contribution in [0.5, 0.6) is 0 Å². The summed E-state index contributed by atoms with van der Waals surface area (Å²) in [5.74, 6) is -1.76. The molecule has 0 saturated carbocycles. The number of hydrogen-bond donors (Lipinski definition) is 3. The summed E-state index contributed by atoms with van der Waals surface area (Å²) in [5.41, 5.74) is 6.20. The first-order valence-corrected chi connectivity index (χ1v) is 12.5. The van der Waals surface area contributed by atoms with Crippen molar-refractivity contribution in [1.29, 1.82) is 0 Å². The molecule has 4 aromatic rings. The molecule has 11 heteroatoms. The molecule has 0 amide bonds. The number of hydrogen-bond acceptors (Lipinski definition) is 9. The lowest BCUT2D eigenvalue weighted by Gasteiger charge is -2.23. The molecule has 1 atom stereocenters. The van der Waals surface area contributed by atoms with Gasteiger partial charge < -0.3 is 15.8 Å². The number of carbonyl (C=O) groups excluding carboxylic acids is 2. The van der Waals surface area contributed by atoms with Gasteiger partial charge in [0.1, 0.15) is 0 Å². The average molecular weight is 518 g/mol. The minimum atomic E-state index is -4.12. The first kappa shape index (κ1) is 25.6. The second-order valence-electron chi connectivity index (χ2n) is 8.15.